The van der Waals surface area contributed by atoms with Crippen molar-refractivity contribution >= 4 is 5.97 Å². The second-order valence-corrected chi connectivity index (χ2v) is 4.63. The fraction of sp³-hybridized carbons (Fsp3) is 0.923. The lowest BCUT2D eigenvalue weighted by atomic mass is 9.93. The van der Waals surface area contributed by atoms with E-state index in [1.807, 2.05) is 6.92 Å². The molecule has 0 aromatic heterocycles. The predicted octanol–water partition coefficient (Wildman–Crippen LogP) is 1.74. The minimum Gasteiger partial charge on any atom is -0.463 e. The van der Waals surface area contributed by atoms with Gasteiger partial charge in [0, 0.05) is 0 Å². The number of aliphatic hydroxyl groups excluding tert-OH is 2. The van der Waals surface area contributed by atoms with Crippen molar-refractivity contribution in [2.75, 3.05) is 13.2 Å². The zero-order valence-electron chi connectivity index (χ0n) is 11.2. The Bertz CT molecular complexity index is 202. The summed E-state index contributed by atoms with van der Waals surface area (Å²) >= 11 is 0. The van der Waals surface area contributed by atoms with Gasteiger partial charge in [0.2, 0.25) is 0 Å². The van der Waals surface area contributed by atoms with Crippen LogP contribution < -0.4 is 0 Å². The van der Waals surface area contributed by atoms with Gasteiger partial charge in [-0.3, -0.25) is 4.79 Å². The Morgan fingerprint density at radius 1 is 1.24 bits per heavy atom. The molecule has 0 aliphatic heterocycles. The maximum absolute atomic E-state index is 11.5. The maximum Gasteiger partial charge on any atom is 0.308 e. The molecule has 17 heavy (non-hydrogen) atoms. The number of carbonyl (C=O) groups excluding carboxylic acids is 1. The SMILES string of the molecule is CCC(CC)CCC(C)C(=O)OCC(O)CO. The van der Waals surface area contributed by atoms with Crippen molar-refractivity contribution in [3.8, 4) is 0 Å². The summed E-state index contributed by atoms with van der Waals surface area (Å²) in [5, 5.41) is 17.6. The molecule has 0 aliphatic rings. The van der Waals surface area contributed by atoms with Gasteiger partial charge in [0.25, 0.3) is 0 Å². The van der Waals surface area contributed by atoms with Crippen LogP contribution in [0.3, 0.4) is 0 Å². The zero-order valence-corrected chi connectivity index (χ0v) is 11.2. The van der Waals surface area contributed by atoms with E-state index in [0.29, 0.717) is 5.92 Å². The van der Waals surface area contributed by atoms with Gasteiger partial charge in [0.1, 0.15) is 12.7 Å². The molecule has 4 nitrogen and oxygen atoms in total. The molecule has 0 amide bonds. The van der Waals surface area contributed by atoms with Crippen LogP contribution in [0.2, 0.25) is 0 Å². The molecule has 0 aromatic rings. The monoisotopic (exact) mass is 246 g/mol. The number of esters is 1. The molecule has 2 N–H and O–H groups in total. The van der Waals surface area contributed by atoms with Crippen LogP contribution in [0.25, 0.3) is 0 Å². The maximum atomic E-state index is 11.5. The molecule has 0 rings (SSSR count). The molecular formula is C13H26O4. The van der Waals surface area contributed by atoms with Crippen molar-refractivity contribution < 1.29 is 19.7 Å². The molecular weight excluding hydrogens is 220 g/mol. The summed E-state index contributed by atoms with van der Waals surface area (Å²) in [5.74, 6) is 0.248. The Hall–Kier alpha value is -0.610. The highest BCUT2D eigenvalue weighted by Crippen LogP contribution is 2.19. The van der Waals surface area contributed by atoms with Crippen molar-refractivity contribution in [3.63, 3.8) is 0 Å². The third-order valence-electron chi connectivity index (χ3n) is 3.19. The van der Waals surface area contributed by atoms with Gasteiger partial charge in [-0.1, -0.05) is 33.6 Å². The lowest BCUT2D eigenvalue weighted by Crippen LogP contribution is -2.25. The van der Waals surface area contributed by atoms with Crippen LogP contribution in [0.4, 0.5) is 0 Å². The second-order valence-electron chi connectivity index (χ2n) is 4.63. The molecule has 0 aliphatic carbocycles. The van der Waals surface area contributed by atoms with E-state index in [1.54, 1.807) is 0 Å². The summed E-state index contributed by atoms with van der Waals surface area (Å²) in [4.78, 5) is 11.5. The third kappa shape index (κ3) is 7.34. The Kier molecular flexibility index (Phi) is 9.09. The molecule has 102 valence electrons. The summed E-state index contributed by atoms with van der Waals surface area (Å²) in [6, 6.07) is 0. The van der Waals surface area contributed by atoms with Crippen molar-refractivity contribution in [3.05, 3.63) is 0 Å². The molecule has 0 spiro atoms. The van der Waals surface area contributed by atoms with Crippen molar-refractivity contribution in [1.82, 2.24) is 0 Å². The highest BCUT2D eigenvalue weighted by atomic mass is 16.5. The van der Waals surface area contributed by atoms with Crippen molar-refractivity contribution in [2.24, 2.45) is 11.8 Å². The largest absolute Gasteiger partial charge is 0.463 e. The van der Waals surface area contributed by atoms with Gasteiger partial charge >= 0.3 is 5.97 Å². The van der Waals surface area contributed by atoms with Crippen LogP contribution in [0.5, 0.6) is 0 Å². The van der Waals surface area contributed by atoms with E-state index in [-0.39, 0.29) is 25.1 Å². The van der Waals surface area contributed by atoms with Gasteiger partial charge in [-0.05, 0) is 18.8 Å². The summed E-state index contributed by atoms with van der Waals surface area (Å²) in [6.45, 7) is 5.67. The van der Waals surface area contributed by atoms with Gasteiger partial charge in [-0.2, -0.15) is 0 Å². The van der Waals surface area contributed by atoms with E-state index in [1.165, 1.54) is 0 Å². The number of rotatable bonds is 9. The number of carbonyl (C=O) groups is 1. The molecule has 2 unspecified atom stereocenters. The van der Waals surface area contributed by atoms with E-state index < -0.39 is 6.10 Å². The average molecular weight is 246 g/mol. The third-order valence-corrected chi connectivity index (χ3v) is 3.19. The number of hydrogen-bond donors (Lipinski definition) is 2. The van der Waals surface area contributed by atoms with Crippen LogP contribution in [-0.4, -0.2) is 35.5 Å². The molecule has 0 aromatic carbocycles. The zero-order chi connectivity index (χ0) is 13.3. The van der Waals surface area contributed by atoms with Gasteiger partial charge in [-0.15, -0.1) is 0 Å². The summed E-state index contributed by atoms with van der Waals surface area (Å²) in [5.41, 5.74) is 0. The molecule has 0 heterocycles. The topological polar surface area (TPSA) is 66.8 Å². The minimum atomic E-state index is -0.967. The van der Waals surface area contributed by atoms with Gasteiger partial charge in [-0.25, -0.2) is 0 Å². The van der Waals surface area contributed by atoms with Crippen LogP contribution in [0, 0.1) is 11.8 Å². The Morgan fingerprint density at radius 2 is 1.82 bits per heavy atom. The van der Waals surface area contributed by atoms with Gasteiger partial charge < -0.3 is 14.9 Å². The molecule has 0 radical (unpaired) electrons. The first-order valence-electron chi connectivity index (χ1n) is 6.50. The molecule has 0 saturated heterocycles. The molecule has 0 fully saturated rings. The van der Waals surface area contributed by atoms with E-state index in [2.05, 4.69) is 13.8 Å². The lowest BCUT2D eigenvalue weighted by Gasteiger charge is -2.16. The average Bonchev–Trinajstić information content (AvgIpc) is 2.36. The van der Waals surface area contributed by atoms with Crippen molar-refractivity contribution in [1.29, 1.82) is 0 Å². The summed E-state index contributed by atoms with van der Waals surface area (Å²) < 4.78 is 4.91. The fourth-order valence-electron chi connectivity index (χ4n) is 1.67. The molecule has 0 saturated carbocycles. The van der Waals surface area contributed by atoms with E-state index in [9.17, 15) is 4.79 Å². The van der Waals surface area contributed by atoms with E-state index >= 15 is 0 Å². The molecule has 2 atom stereocenters. The first-order chi connectivity index (χ1) is 8.04. The highest BCUT2D eigenvalue weighted by molar-refractivity contribution is 5.71. The van der Waals surface area contributed by atoms with Gasteiger partial charge in [0.05, 0.1) is 12.5 Å². The van der Waals surface area contributed by atoms with E-state index in [4.69, 9.17) is 14.9 Å². The second kappa shape index (κ2) is 9.42. The summed E-state index contributed by atoms with van der Waals surface area (Å²) in [6.07, 6.45) is 3.17. The molecule has 4 heteroatoms. The van der Waals surface area contributed by atoms with Gasteiger partial charge in [0.15, 0.2) is 0 Å². The lowest BCUT2D eigenvalue weighted by molar-refractivity contribution is -0.151. The van der Waals surface area contributed by atoms with Crippen LogP contribution in [-0.2, 0) is 9.53 Å². The smallest absolute Gasteiger partial charge is 0.308 e. The Labute approximate surface area is 104 Å². The minimum absolute atomic E-state index is 0.120. The number of hydrogen-bond acceptors (Lipinski definition) is 4. The van der Waals surface area contributed by atoms with Crippen LogP contribution in [0.15, 0.2) is 0 Å². The summed E-state index contributed by atoms with van der Waals surface area (Å²) in [7, 11) is 0. The first kappa shape index (κ1) is 16.4. The quantitative estimate of drug-likeness (QED) is 0.608. The number of ether oxygens (including phenoxy) is 1. The first-order valence-corrected chi connectivity index (χ1v) is 6.50. The van der Waals surface area contributed by atoms with Crippen LogP contribution in [0.1, 0.15) is 46.5 Å². The Morgan fingerprint density at radius 3 is 2.29 bits per heavy atom. The normalized spacial score (nSPS) is 14.7. The number of aliphatic hydroxyl groups is 2. The standard InChI is InChI=1S/C13H26O4/c1-4-11(5-2)7-6-10(3)13(16)17-9-12(15)8-14/h10-12,14-15H,4-9H2,1-3H3. The fourth-order valence-corrected chi connectivity index (χ4v) is 1.67. The molecule has 0 bridgehead atoms. The predicted molar refractivity (Wildman–Crippen MR) is 66.5 cm³/mol. The van der Waals surface area contributed by atoms with Crippen LogP contribution >= 0.6 is 0 Å². The Balaban J connectivity index is 3.81. The van der Waals surface area contributed by atoms with Crippen molar-refractivity contribution in [2.45, 2.75) is 52.6 Å². The highest BCUT2D eigenvalue weighted by Gasteiger charge is 2.17. The van der Waals surface area contributed by atoms with E-state index in [0.717, 1.165) is 25.7 Å².